The molecule has 0 unspecified atom stereocenters. The van der Waals surface area contributed by atoms with Gasteiger partial charge in [0.1, 0.15) is 24.7 Å². The lowest BCUT2D eigenvalue weighted by molar-refractivity contribution is 0.0950. The highest BCUT2D eigenvalue weighted by Gasteiger charge is 2.12. The molecule has 188 valence electrons. The van der Waals surface area contributed by atoms with Crippen LogP contribution in [-0.4, -0.2) is 12.1 Å². The first-order valence-corrected chi connectivity index (χ1v) is 13.4. The van der Waals surface area contributed by atoms with Crippen LogP contribution in [0.4, 0.5) is 0 Å². The number of amides is 1. The van der Waals surface area contributed by atoms with Gasteiger partial charge in [-0.15, -0.1) is 0 Å². The summed E-state index contributed by atoms with van der Waals surface area (Å²) >= 11 is 19.1. The molecule has 0 bridgehead atoms. The maximum Gasteiger partial charge on any atom is 0.275 e. The zero-order valence-corrected chi connectivity index (χ0v) is 23.9. The molecule has 4 aromatic carbocycles. The predicted octanol–water partition coefficient (Wildman–Crippen LogP) is 8.44. The Bertz CT molecular complexity index is 1430. The van der Waals surface area contributed by atoms with Crippen molar-refractivity contribution in [1.82, 2.24) is 5.43 Å². The van der Waals surface area contributed by atoms with E-state index >= 15 is 0 Å². The molecule has 4 aromatic rings. The Balaban J connectivity index is 1.35. The zero-order chi connectivity index (χ0) is 26.2. The normalized spacial score (nSPS) is 10.9. The molecule has 0 radical (unpaired) electrons. The summed E-state index contributed by atoms with van der Waals surface area (Å²) in [4.78, 5) is 12.8. The number of hydrazone groups is 1. The second-order valence-corrected chi connectivity index (χ2v) is 10.4. The maximum absolute atomic E-state index is 12.8. The van der Waals surface area contributed by atoms with Crippen molar-refractivity contribution in [2.45, 2.75) is 13.2 Å². The Morgan fingerprint density at radius 1 is 0.865 bits per heavy atom. The Morgan fingerprint density at radius 2 is 1.62 bits per heavy atom. The van der Waals surface area contributed by atoms with Crippen molar-refractivity contribution in [3.8, 4) is 11.5 Å². The van der Waals surface area contributed by atoms with E-state index in [9.17, 15) is 4.79 Å². The smallest absolute Gasteiger partial charge is 0.275 e. The number of carbonyl (C=O) groups excluding carboxylic acids is 1. The Labute approximate surface area is 241 Å². The number of ether oxygens (including phenoxy) is 2. The van der Waals surface area contributed by atoms with Crippen molar-refractivity contribution < 1.29 is 14.3 Å². The Hall–Kier alpha value is -2.84. The van der Waals surface area contributed by atoms with Crippen LogP contribution in [0.2, 0.25) is 10.0 Å². The second kappa shape index (κ2) is 13.1. The van der Waals surface area contributed by atoms with E-state index in [1.807, 2.05) is 42.5 Å². The lowest BCUT2D eigenvalue weighted by Gasteiger charge is -2.11. The van der Waals surface area contributed by atoms with Crippen LogP contribution in [0.5, 0.6) is 11.5 Å². The molecule has 0 saturated heterocycles. The highest BCUT2D eigenvalue weighted by Crippen LogP contribution is 2.27. The van der Waals surface area contributed by atoms with Crippen LogP contribution in [0.25, 0.3) is 0 Å². The highest BCUT2D eigenvalue weighted by molar-refractivity contribution is 9.10. The molecule has 0 aliphatic carbocycles. The topological polar surface area (TPSA) is 59.9 Å². The molecule has 0 aliphatic heterocycles. The molecule has 1 N–H and O–H groups in total. The van der Waals surface area contributed by atoms with Gasteiger partial charge in [0.15, 0.2) is 0 Å². The van der Waals surface area contributed by atoms with Crippen molar-refractivity contribution >= 4 is 67.2 Å². The minimum Gasteiger partial charge on any atom is -0.488 e. The minimum absolute atomic E-state index is 0.188. The van der Waals surface area contributed by atoms with Crippen molar-refractivity contribution in [2.75, 3.05) is 0 Å². The van der Waals surface area contributed by atoms with E-state index < -0.39 is 5.91 Å². The van der Waals surface area contributed by atoms with Gasteiger partial charge in [0, 0.05) is 20.1 Å². The van der Waals surface area contributed by atoms with Gasteiger partial charge in [-0.2, -0.15) is 5.10 Å². The first-order chi connectivity index (χ1) is 17.9. The molecule has 0 spiro atoms. The van der Waals surface area contributed by atoms with Gasteiger partial charge in [0.2, 0.25) is 0 Å². The number of hydrogen-bond donors (Lipinski definition) is 1. The third-order valence-electron chi connectivity index (χ3n) is 5.17. The van der Waals surface area contributed by atoms with E-state index in [2.05, 4.69) is 42.4 Å². The molecule has 9 heteroatoms. The second-order valence-electron chi connectivity index (χ2n) is 7.82. The fourth-order valence-electron chi connectivity index (χ4n) is 3.26. The third kappa shape index (κ3) is 7.82. The molecule has 0 aliphatic rings. The molecule has 0 saturated carbocycles. The summed E-state index contributed by atoms with van der Waals surface area (Å²) in [7, 11) is 0. The van der Waals surface area contributed by atoms with Crippen molar-refractivity contribution in [3.05, 3.63) is 126 Å². The summed E-state index contributed by atoms with van der Waals surface area (Å²) in [5.74, 6) is 0.717. The van der Waals surface area contributed by atoms with E-state index in [-0.39, 0.29) is 6.61 Å². The number of para-hydroxylation sites is 1. The average molecular weight is 663 g/mol. The van der Waals surface area contributed by atoms with Crippen molar-refractivity contribution in [3.63, 3.8) is 0 Å². The fraction of sp³-hybridized carbons (Fsp3) is 0.0714. The molecule has 0 atom stereocenters. The van der Waals surface area contributed by atoms with Gasteiger partial charge in [-0.1, -0.05) is 69.5 Å². The summed E-state index contributed by atoms with van der Waals surface area (Å²) in [5.41, 5.74) is 5.50. The number of nitrogens with one attached hydrogen (secondary N) is 1. The van der Waals surface area contributed by atoms with Crippen LogP contribution in [0.3, 0.4) is 0 Å². The number of hydrogen-bond acceptors (Lipinski definition) is 4. The maximum atomic E-state index is 12.8. The van der Waals surface area contributed by atoms with Crippen molar-refractivity contribution in [2.24, 2.45) is 5.10 Å². The number of nitrogens with zero attached hydrogens (tertiary/aromatic N) is 1. The molecular weight excluding hydrogens is 643 g/mol. The van der Waals surface area contributed by atoms with E-state index in [4.69, 9.17) is 32.7 Å². The highest BCUT2D eigenvalue weighted by atomic mass is 79.9. The van der Waals surface area contributed by atoms with E-state index in [0.29, 0.717) is 33.7 Å². The minimum atomic E-state index is -0.400. The van der Waals surface area contributed by atoms with Crippen molar-refractivity contribution in [1.29, 1.82) is 0 Å². The third-order valence-corrected chi connectivity index (χ3v) is 6.91. The van der Waals surface area contributed by atoms with Crippen LogP contribution < -0.4 is 14.9 Å². The van der Waals surface area contributed by atoms with Gasteiger partial charge in [0.05, 0.1) is 16.3 Å². The quantitative estimate of drug-likeness (QED) is 0.145. The monoisotopic (exact) mass is 660 g/mol. The average Bonchev–Trinajstić information content (AvgIpc) is 2.89. The SMILES string of the molecule is O=C(N/N=C/c1ccc(OCc2ccc(Br)cc2)c(Br)c1)c1ccccc1OCc1ccc(Cl)cc1Cl. The van der Waals surface area contributed by atoms with E-state index in [0.717, 1.165) is 25.6 Å². The summed E-state index contributed by atoms with van der Waals surface area (Å²) in [6, 6.07) is 25.6. The Morgan fingerprint density at radius 3 is 2.38 bits per heavy atom. The van der Waals surface area contributed by atoms with E-state index in [1.54, 1.807) is 48.7 Å². The van der Waals surface area contributed by atoms with Crippen LogP contribution >= 0.6 is 55.1 Å². The van der Waals surface area contributed by atoms with Crippen LogP contribution in [-0.2, 0) is 13.2 Å². The molecule has 1 amide bonds. The van der Waals surface area contributed by atoms with Gasteiger partial charge in [0.25, 0.3) is 5.91 Å². The standard InChI is InChI=1S/C28H20Br2Cl2N2O3/c29-21-9-5-18(6-10-21)16-36-27-12-7-19(13-24(27)30)15-33-34-28(35)23-3-1-2-4-26(23)37-17-20-8-11-22(31)14-25(20)32/h1-15H,16-17H2,(H,34,35)/b33-15+. The Kier molecular flexibility index (Phi) is 9.63. The summed E-state index contributed by atoms with van der Waals surface area (Å²) < 4.78 is 13.5. The molecule has 0 fully saturated rings. The number of rotatable bonds is 9. The number of halogens is 4. The van der Waals surface area contributed by atoms with E-state index in [1.165, 1.54) is 0 Å². The first kappa shape index (κ1) is 27.2. The molecular formula is C28H20Br2Cl2N2O3. The predicted molar refractivity (Wildman–Crippen MR) is 155 cm³/mol. The fourth-order valence-corrected chi connectivity index (χ4v) is 4.49. The zero-order valence-electron chi connectivity index (χ0n) is 19.3. The van der Waals surface area contributed by atoms with Gasteiger partial charge in [-0.25, -0.2) is 5.43 Å². The molecule has 4 rings (SSSR count). The van der Waals surface area contributed by atoms with Gasteiger partial charge < -0.3 is 9.47 Å². The summed E-state index contributed by atoms with van der Waals surface area (Å²) in [5, 5.41) is 5.13. The van der Waals surface area contributed by atoms with Gasteiger partial charge >= 0.3 is 0 Å². The first-order valence-electron chi connectivity index (χ1n) is 11.0. The number of benzene rings is 4. The van der Waals surface area contributed by atoms with Crippen LogP contribution in [0, 0.1) is 0 Å². The summed E-state index contributed by atoms with van der Waals surface area (Å²) in [6.45, 7) is 0.634. The largest absolute Gasteiger partial charge is 0.488 e. The molecule has 0 aromatic heterocycles. The van der Waals surface area contributed by atoms with Crippen LogP contribution in [0.1, 0.15) is 27.0 Å². The summed E-state index contributed by atoms with van der Waals surface area (Å²) in [6.07, 6.45) is 1.55. The molecule has 37 heavy (non-hydrogen) atoms. The van der Waals surface area contributed by atoms with Gasteiger partial charge in [-0.05, 0) is 81.7 Å². The van der Waals surface area contributed by atoms with Gasteiger partial charge in [-0.3, -0.25) is 4.79 Å². The lowest BCUT2D eigenvalue weighted by atomic mass is 10.2. The van der Waals surface area contributed by atoms with Crippen LogP contribution in [0.15, 0.2) is 99.0 Å². The molecule has 5 nitrogen and oxygen atoms in total. The lowest BCUT2D eigenvalue weighted by Crippen LogP contribution is -2.18. The number of carbonyl (C=O) groups is 1. The molecule has 0 heterocycles.